The van der Waals surface area contributed by atoms with Crippen molar-refractivity contribution in [1.82, 2.24) is 10.3 Å². The summed E-state index contributed by atoms with van der Waals surface area (Å²) in [5.74, 6) is 0.444. The highest BCUT2D eigenvalue weighted by atomic mass is 16.3. The van der Waals surface area contributed by atoms with Crippen LogP contribution in [0.1, 0.15) is 35.3 Å². The molecule has 0 fully saturated rings. The zero-order valence-electron chi connectivity index (χ0n) is 18.4. The SMILES string of the molecule is Cc1c(O)cccc1NC(=O)Cc1cccc(C[C@@H](C)NC[C@H](O)c2ccc(N)nc2)c1. The number of phenolic OH excluding ortho intramolecular Hbond substituents is 1. The van der Waals surface area contributed by atoms with E-state index in [0.717, 1.165) is 17.5 Å². The Morgan fingerprint density at radius 3 is 2.62 bits per heavy atom. The highest BCUT2D eigenvalue weighted by Gasteiger charge is 2.12. The van der Waals surface area contributed by atoms with Crippen molar-refractivity contribution >= 4 is 17.4 Å². The number of anilines is 2. The van der Waals surface area contributed by atoms with Gasteiger partial charge in [-0.25, -0.2) is 4.98 Å². The van der Waals surface area contributed by atoms with Crippen LogP contribution in [0.2, 0.25) is 0 Å². The van der Waals surface area contributed by atoms with Crippen LogP contribution < -0.4 is 16.4 Å². The van der Waals surface area contributed by atoms with Crippen molar-refractivity contribution in [3.63, 3.8) is 0 Å². The number of hydrogen-bond acceptors (Lipinski definition) is 6. The summed E-state index contributed by atoms with van der Waals surface area (Å²) in [6.07, 6.45) is 1.92. The van der Waals surface area contributed by atoms with Crippen LogP contribution in [0.15, 0.2) is 60.8 Å². The van der Waals surface area contributed by atoms with Crippen LogP contribution in [-0.4, -0.2) is 33.7 Å². The number of nitrogens with one attached hydrogen (secondary N) is 2. The number of aromatic hydroxyl groups is 1. The molecule has 168 valence electrons. The predicted octanol–water partition coefficient (Wildman–Crippen LogP) is 3.11. The smallest absolute Gasteiger partial charge is 0.228 e. The van der Waals surface area contributed by atoms with E-state index in [2.05, 4.69) is 22.5 Å². The summed E-state index contributed by atoms with van der Waals surface area (Å²) in [6, 6.07) is 16.6. The first-order chi connectivity index (χ1) is 15.3. The van der Waals surface area contributed by atoms with E-state index >= 15 is 0 Å². The molecule has 7 nitrogen and oxygen atoms in total. The van der Waals surface area contributed by atoms with Gasteiger partial charge in [-0.2, -0.15) is 0 Å². The lowest BCUT2D eigenvalue weighted by molar-refractivity contribution is -0.115. The Bertz CT molecular complexity index is 1050. The number of aromatic nitrogens is 1. The van der Waals surface area contributed by atoms with Gasteiger partial charge in [0.2, 0.25) is 5.91 Å². The fraction of sp³-hybridized carbons (Fsp3) is 0.280. The van der Waals surface area contributed by atoms with Crippen molar-refractivity contribution in [3.8, 4) is 5.75 Å². The molecule has 1 heterocycles. The Kier molecular flexibility index (Phi) is 7.81. The number of aliphatic hydroxyl groups is 1. The number of benzene rings is 2. The largest absolute Gasteiger partial charge is 0.508 e. The van der Waals surface area contributed by atoms with Gasteiger partial charge in [0.1, 0.15) is 11.6 Å². The fourth-order valence-corrected chi connectivity index (χ4v) is 3.48. The first-order valence-electron chi connectivity index (χ1n) is 10.6. The highest BCUT2D eigenvalue weighted by Crippen LogP contribution is 2.24. The quantitative estimate of drug-likeness (QED) is 0.353. The summed E-state index contributed by atoms with van der Waals surface area (Å²) < 4.78 is 0. The number of nitrogen functional groups attached to an aromatic ring is 1. The van der Waals surface area contributed by atoms with Crippen LogP contribution in [0.3, 0.4) is 0 Å². The summed E-state index contributed by atoms with van der Waals surface area (Å²) in [5, 5.41) is 26.3. The highest BCUT2D eigenvalue weighted by molar-refractivity contribution is 5.93. The van der Waals surface area contributed by atoms with E-state index in [9.17, 15) is 15.0 Å². The zero-order valence-corrected chi connectivity index (χ0v) is 18.4. The Morgan fingerprint density at radius 1 is 1.12 bits per heavy atom. The molecule has 0 saturated carbocycles. The lowest BCUT2D eigenvalue weighted by Crippen LogP contribution is -2.32. The number of nitrogens with zero attached hydrogens (tertiary/aromatic N) is 1. The molecule has 0 unspecified atom stereocenters. The molecule has 0 radical (unpaired) electrons. The fourth-order valence-electron chi connectivity index (χ4n) is 3.48. The zero-order chi connectivity index (χ0) is 23.1. The topological polar surface area (TPSA) is 120 Å². The number of nitrogens with two attached hydrogens (primary N) is 1. The lowest BCUT2D eigenvalue weighted by Gasteiger charge is -2.18. The molecular weight excluding hydrogens is 404 g/mol. The van der Waals surface area contributed by atoms with E-state index in [1.807, 2.05) is 24.3 Å². The molecule has 0 saturated heterocycles. The van der Waals surface area contributed by atoms with E-state index < -0.39 is 6.10 Å². The lowest BCUT2D eigenvalue weighted by atomic mass is 10.0. The summed E-state index contributed by atoms with van der Waals surface area (Å²) in [7, 11) is 0. The van der Waals surface area contributed by atoms with Crippen LogP contribution in [-0.2, 0) is 17.6 Å². The maximum absolute atomic E-state index is 12.5. The second-order valence-electron chi connectivity index (χ2n) is 8.04. The maximum atomic E-state index is 12.5. The molecule has 3 aromatic rings. The van der Waals surface area contributed by atoms with Crippen LogP contribution >= 0.6 is 0 Å². The molecule has 0 spiro atoms. The Morgan fingerprint density at radius 2 is 1.88 bits per heavy atom. The summed E-state index contributed by atoms with van der Waals surface area (Å²) in [4.78, 5) is 16.5. The van der Waals surface area contributed by atoms with Crippen LogP contribution in [0.4, 0.5) is 11.5 Å². The number of carbonyl (C=O) groups excluding carboxylic acids is 1. The van der Waals surface area contributed by atoms with Gasteiger partial charge in [0.25, 0.3) is 0 Å². The minimum atomic E-state index is -0.665. The molecule has 2 atom stereocenters. The van der Waals surface area contributed by atoms with Gasteiger partial charge in [-0.3, -0.25) is 4.79 Å². The molecule has 1 aromatic heterocycles. The van der Waals surface area contributed by atoms with Gasteiger partial charge in [-0.15, -0.1) is 0 Å². The Balaban J connectivity index is 1.52. The Labute approximate surface area is 188 Å². The normalized spacial score (nSPS) is 12.8. The minimum Gasteiger partial charge on any atom is -0.508 e. The first-order valence-corrected chi connectivity index (χ1v) is 10.6. The maximum Gasteiger partial charge on any atom is 0.228 e. The number of pyridine rings is 1. The monoisotopic (exact) mass is 434 g/mol. The molecule has 0 aliphatic heterocycles. The van der Waals surface area contributed by atoms with Gasteiger partial charge in [0.15, 0.2) is 0 Å². The number of aliphatic hydroxyl groups excluding tert-OH is 1. The molecule has 7 heteroatoms. The van der Waals surface area contributed by atoms with E-state index in [0.29, 0.717) is 29.2 Å². The molecule has 0 aliphatic carbocycles. The van der Waals surface area contributed by atoms with Gasteiger partial charge in [0.05, 0.1) is 12.5 Å². The standard InChI is InChI=1S/C25H30N4O3/c1-16(27-15-23(31)20-9-10-24(26)28-14-20)11-18-5-3-6-19(12-18)13-25(32)29-21-7-4-8-22(30)17(21)2/h3-10,12,14,16,23,27,30-31H,11,13,15H2,1-2H3,(H2,26,28)(H,29,32)/t16-,23+/m1/s1. The average Bonchev–Trinajstić information content (AvgIpc) is 2.76. The summed E-state index contributed by atoms with van der Waals surface area (Å²) in [6.45, 7) is 4.22. The molecule has 6 N–H and O–H groups in total. The number of phenols is 1. The molecule has 0 aliphatic rings. The van der Waals surface area contributed by atoms with Crippen LogP contribution in [0.25, 0.3) is 0 Å². The van der Waals surface area contributed by atoms with Crippen molar-refractivity contribution in [2.75, 3.05) is 17.6 Å². The number of amides is 1. The minimum absolute atomic E-state index is 0.130. The number of hydrogen-bond donors (Lipinski definition) is 5. The van der Waals surface area contributed by atoms with Gasteiger partial charge in [-0.05, 0) is 49.6 Å². The molecule has 2 aromatic carbocycles. The third kappa shape index (κ3) is 6.54. The number of rotatable bonds is 9. The van der Waals surface area contributed by atoms with E-state index in [1.54, 1.807) is 43.5 Å². The average molecular weight is 435 g/mol. The summed E-state index contributed by atoms with van der Waals surface area (Å²) in [5.41, 5.74) is 9.58. The van der Waals surface area contributed by atoms with Gasteiger partial charge < -0.3 is 26.6 Å². The van der Waals surface area contributed by atoms with Crippen molar-refractivity contribution in [3.05, 3.63) is 83.0 Å². The van der Waals surface area contributed by atoms with Crippen LogP contribution in [0.5, 0.6) is 5.75 Å². The van der Waals surface area contributed by atoms with E-state index in [-0.39, 0.29) is 24.1 Å². The van der Waals surface area contributed by atoms with Gasteiger partial charge >= 0.3 is 0 Å². The predicted molar refractivity (Wildman–Crippen MR) is 126 cm³/mol. The number of carbonyl (C=O) groups is 1. The van der Waals surface area contributed by atoms with E-state index in [4.69, 9.17) is 5.73 Å². The molecule has 0 bridgehead atoms. The second-order valence-corrected chi connectivity index (χ2v) is 8.04. The van der Waals surface area contributed by atoms with Crippen LogP contribution in [0, 0.1) is 6.92 Å². The molecular formula is C25H30N4O3. The summed E-state index contributed by atoms with van der Waals surface area (Å²) >= 11 is 0. The molecule has 1 amide bonds. The van der Waals surface area contributed by atoms with Gasteiger partial charge in [-0.1, -0.05) is 36.4 Å². The molecule has 32 heavy (non-hydrogen) atoms. The third-order valence-corrected chi connectivity index (χ3v) is 5.33. The van der Waals surface area contributed by atoms with Crippen molar-refractivity contribution < 1.29 is 15.0 Å². The van der Waals surface area contributed by atoms with E-state index in [1.165, 1.54) is 0 Å². The second kappa shape index (κ2) is 10.7. The van der Waals surface area contributed by atoms with Crippen molar-refractivity contribution in [2.45, 2.75) is 38.8 Å². The van der Waals surface area contributed by atoms with Crippen molar-refractivity contribution in [1.29, 1.82) is 0 Å². The Hall–Kier alpha value is -3.42. The van der Waals surface area contributed by atoms with Gasteiger partial charge in [0, 0.05) is 35.6 Å². The van der Waals surface area contributed by atoms with Crippen molar-refractivity contribution in [2.24, 2.45) is 0 Å². The molecule has 3 rings (SSSR count). The first kappa shape index (κ1) is 23.2. The third-order valence-electron chi connectivity index (χ3n) is 5.33.